The molecule has 0 aromatic heterocycles. The van der Waals surface area contributed by atoms with E-state index < -0.39 is 0 Å². The Morgan fingerprint density at radius 2 is 2.15 bits per heavy atom. The van der Waals surface area contributed by atoms with Gasteiger partial charge >= 0.3 is 0 Å². The number of methoxy groups -OCH3 is 1. The van der Waals surface area contributed by atoms with Gasteiger partial charge in [-0.1, -0.05) is 19.8 Å². The molecule has 0 heterocycles. The fraction of sp³-hybridized carbons (Fsp3) is 0.625. The van der Waals surface area contributed by atoms with Crippen molar-refractivity contribution in [2.45, 2.75) is 51.7 Å². The standard InChI is InChI=1S/C16H24BrNO2/c1-3-11-5-4-6-13(7-11)20-16-14(17)8-12(10-18)9-15(16)19-2/h8-9,11,13H,3-7,10,18H2,1-2H3. The maximum absolute atomic E-state index is 6.23. The van der Waals surface area contributed by atoms with Gasteiger partial charge in [0, 0.05) is 6.54 Å². The molecule has 1 fully saturated rings. The molecule has 112 valence electrons. The van der Waals surface area contributed by atoms with Gasteiger partial charge in [-0.3, -0.25) is 0 Å². The summed E-state index contributed by atoms with van der Waals surface area (Å²) in [6.07, 6.45) is 6.40. The van der Waals surface area contributed by atoms with Crippen molar-refractivity contribution in [2.75, 3.05) is 7.11 Å². The van der Waals surface area contributed by atoms with Gasteiger partial charge in [0.25, 0.3) is 0 Å². The maximum atomic E-state index is 6.23. The molecule has 1 aromatic carbocycles. The average Bonchev–Trinajstić information content (AvgIpc) is 2.49. The van der Waals surface area contributed by atoms with Crippen molar-refractivity contribution < 1.29 is 9.47 Å². The third kappa shape index (κ3) is 3.67. The van der Waals surface area contributed by atoms with Crippen LogP contribution >= 0.6 is 15.9 Å². The lowest BCUT2D eigenvalue weighted by molar-refractivity contribution is 0.117. The van der Waals surface area contributed by atoms with Gasteiger partial charge in [-0.25, -0.2) is 0 Å². The Balaban J connectivity index is 2.15. The highest BCUT2D eigenvalue weighted by molar-refractivity contribution is 9.10. The molecule has 20 heavy (non-hydrogen) atoms. The second kappa shape index (κ2) is 7.32. The molecule has 1 aromatic rings. The van der Waals surface area contributed by atoms with Gasteiger partial charge in [-0.15, -0.1) is 0 Å². The third-order valence-electron chi connectivity index (χ3n) is 4.12. The highest BCUT2D eigenvalue weighted by Crippen LogP contribution is 2.39. The highest BCUT2D eigenvalue weighted by atomic mass is 79.9. The van der Waals surface area contributed by atoms with Crippen molar-refractivity contribution in [2.24, 2.45) is 11.7 Å². The fourth-order valence-corrected chi connectivity index (χ4v) is 3.47. The Bertz CT molecular complexity index is 450. The summed E-state index contributed by atoms with van der Waals surface area (Å²) in [4.78, 5) is 0. The van der Waals surface area contributed by atoms with Gasteiger partial charge < -0.3 is 15.2 Å². The molecular weight excluding hydrogens is 318 g/mol. The van der Waals surface area contributed by atoms with Crippen LogP contribution in [-0.4, -0.2) is 13.2 Å². The molecule has 0 bridgehead atoms. The second-order valence-corrected chi connectivity index (χ2v) is 6.35. The zero-order valence-electron chi connectivity index (χ0n) is 12.3. The summed E-state index contributed by atoms with van der Waals surface area (Å²) >= 11 is 3.58. The van der Waals surface area contributed by atoms with E-state index in [2.05, 4.69) is 22.9 Å². The van der Waals surface area contributed by atoms with E-state index >= 15 is 0 Å². The third-order valence-corrected chi connectivity index (χ3v) is 4.71. The van der Waals surface area contributed by atoms with E-state index in [1.165, 1.54) is 19.3 Å². The van der Waals surface area contributed by atoms with Crippen molar-refractivity contribution in [3.63, 3.8) is 0 Å². The van der Waals surface area contributed by atoms with E-state index in [0.717, 1.165) is 40.3 Å². The number of hydrogen-bond acceptors (Lipinski definition) is 3. The minimum atomic E-state index is 0.294. The van der Waals surface area contributed by atoms with Crippen LogP contribution in [0.5, 0.6) is 11.5 Å². The molecule has 2 rings (SSSR count). The van der Waals surface area contributed by atoms with E-state index in [1.807, 2.05) is 12.1 Å². The first-order valence-corrected chi connectivity index (χ1v) is 8.20. The van der Waals surface area contributed by atoms with Crippen LogP contribution in [0.15, 0.2) is 16.6 Å². The highest BCUT2D eigenvalue weighted by Gasteiger charge is 2.24. The Morgan fingerprint density at radius 3 is 2.80 bits per heavy atom. The van der Waals surface area contributed by atoms with Gasteiger partial charge in [0.15, 0.2) is 11.5 Å². The maximum Gasteiger partial charge on any atom is 0.175 e. The molecule has 0 amide bonds. The van der Waals surface area contributed by atoms with Crippen LogP contribution in [-0.2, 0) is 6.54 Å². The van der Waals surface area contributed by atoms with E-state index in [4.69, 9.17) is 15.2 Å². The van der Waals surface area contributed by atoms with Gasteiger partial charge in [0.1, 0.15) is 0 Å². The topological polar surface area (TPSA) is 44.5 Å². The minimum Gasteiger partial charge on any atom is -0.493 e. The molecule has 1 aliphatic rings. The van der Waals surface area contributed by atoms with Crippen LogP contribution in [0.4, 0.5) is 0 Å². The lowest BCUT2D eigenvalue weighted by Gasteiger charge is -2.29. The normalized spacial score (nSPS) is 22.6. The Morgan fingerprint density at radius 1 is 1.35 bits per heavy atom. The molecule has 1 saturated carbocycles. The zero-order chi connectivity index (χ0) is 14.5. The zero-order valence-corrected chi connectivity index (χ0v) is 13.9. The molecule has 2 N–H and O–H groups in total. The first kappa shape index (κ1) is 15.6. The quantitative estimate of drug-likeness (QED) is 0.869. The summed E-state index contributed by atoms with van der Waals surface area (Å²) in [5, 5.41) is 0. The Hall–Kier alpha value is -0.740. The predicted molar refractivity (Wildman–Crippen MR) is 85.3 cm³/mol. The second-order valence-electron chi connectivity index (χ2n) is 5.49. The molecule has 1 aliphatic carbocycles. The van der Waals surface area contributed by atoms with Crippen molar-refractivity contribution in [3.8, 4) is 11.5 Å². The summed E-state index contributed by atoms with van der Waals surface area (Å²) in [5.41, 5.74) is 6.73. The Labute approximate surface area is 130 Å². The summed E-state index contributed by atoms with van der Waals surface area (Å²) in [6.45, 7) is 2.76. The van der Waals surface area contributed by atoms with Crippen LogP contribution in [0.1, 0.15) is 44.6 Å². The molecule has 0 saturated heterocycles. The smallest absolute Gasteiger partial charge is 0.175 e. The molecule has 0 radical (unpaired) electrons. The summed E-state index contributed by atoms with van der Waals surface area (Å²) in [6, 6.07) is 3.97. The van der Waals surface area contributed by atoms with Crippen LogP contribution in [0, 0.1) is 5.92 Å². The number of rotatable bonds is 5. The molecule has 4 heteroatoms. The number of halogens is 1. The van der Waals surface area contributed by atoms with Crippen LogP contribution < -0.4 is 15.2 Å². The molecule has 2 atom stereocenters. The average molecular weight is 342 g/mol. The molecule has 3 nitrogen and oxygen atoms in total. The lowest BCUT2D eigenvalue weighted by Crippen LogP contribution is -2.25. The fourth-order valence-electron chi connectivity index (χ4n) is 2.89. The Kier molecular flexibility index (Phi) is 5.73. The summed E-state index contributed by atoms with van der Waals surface area (Å²) in [5.74, 6) is 2.37. The van der Waals surface area contributed by atoms with Gasteiger partial charge in [-0.05, 0) is 58.8 Å². The van der Waals surface area contributed by atoms with Crippen LogP contribution in [0.2, 0.25) is 0 Å². The van der Waals surface area contributed by atoms with Gasteiger partial charge in [0.05, 0.1) is 17.7 Å². The lowest BCUT2D eigenvalue weighted by atomic mass is 9.85. The minimum absolute atomic E-state index is 0.294. The first-order valence-electron chi connectivity index (χ1n) is 7.41. The van der Waals surface area contributed by atoms with E-state index in [9.17, 15) is 0 Å². The number of benzene rings is 1. The summed E-state index contributed by atoms with van der Waals surface area (Å²) < 4.78 is 12.6. The van der Waals surface area contributed by atoms with Gasteiger partial charge in [-0.2, -0.15) is 0 Å². The predicted octanol–water partition coefficient (Wildman–Crippen LogP) is 4.26. The summed E-state index contributed by atoms with van der Waals surface area (Å²) in [7, 11) is 1.67. The van der Waals surface area contributed by atoms with Gasteiger partial charge in [0.2, 0.25) is 0 Å². The van der Waals surface area contributed by atoms with Crippen molar-refractivity contribution in [3.05, 3.63) is 22.2 Å². The number of ether oxygens (including phenoxy) is 2. The first-order chi connectivity index (χ1) is 9.67. The SMILES string of the molecule is CCC1CCCC(Oc2c(Br)cc(CN)cc2OC)C1. The molecule has 0 aliphatic heterocycles. The van der Waals surface area contributed by atoms with E-state index in [1.54, 1.807) is 7.11 Å². The van der Waals surface area contributed by atoms with Crippen LogP contribution in [0.3, 0.4) is 0 Å². The van der Waals surface area contributed by atoms with E-state index in [-0.39, 0.29) is 0 Å². The van der Waals surface area contributed by atoms with Crippen molar-refractivity contribution in [1.29, 1.82) is 0 Å². The largest absolute Gasteiger partial charge is 0.493 e. The monoisotopic (exact) mass is 341 g/mol. The van der Waals surface area contributed by atoms with Crippen molar-refractivity contribution in [1.82, 2.24) is 0 Å². The van der Waals surface area contributed by atoms with E-state index in [0.29, 0.717) is 12.6 Å². The molecule has 0 spiro atoms. The number of nitrogens with two attached hydrogens (primary N) is 1. The molecule has 2 unspecified atom stereocenters. The number of hydrogen-bond donors (Lipinski definition) is 1. The molecular formula is C16H24BrNO2. The van der Waals surface area contributed by atoms with Crippen LogP contribution in [0.25, 0.3) is 0 Å². The van der Waals surface area contributed by atoms with Crippen molar-refractivity contribution >= 4 is 15.9 Å².